The fraction of sp³-hybridized carbons (Fsp3) is 0.286. The van der Waals surface area contributed by atoms with Gasteiger partial charge in [-0.3, -0.25) is 9.59 Å². The summed E-state index contributed by atoms with van der Waals surface area (Å²) in [6.45, 7) is 4.94. The number of anilines is 2. The lowest BCUT2D eigenvalue weighted by Gasteiger charge is -2.30. The minimum atomic E-state index is -0.289. The first-order valence-corrected chi connectivity index (χ1v) is 11.8. The van der Waals surface area contributed by atoms with Gasteiger partial charge in [0.05, 0.1) is 12.3 Å². The SMILES string of the molecule is CCc1ccc(OCCCN2C(=O)COc3ccc(NC(=O)COc4ccc(C)cc4)cc32)cc1. The van der Waals surface area contributed by atoms with Gasteiger partial charge in [-0.15, -0.1) is 0 Å². The molecule has 0 radical (unpaired) electrons. The van der Waals surface area contributed by atoms with Crippen LogP contribution in [0, 0.1) is 6.92 Å². The maximum absolute atomic E-state index is 12.6. The molecule has 182 valence electrons. The molecular formula is C28H30N2O5. The number of carbonyl (C=O) groups is 2. The highest BCUT2D eigenvalue weighted by atomic mass is 16.5. The number of nitrogens with zero attached hydrogens (tertiary/aromatic N) is 1. The molecule has 0 saturated heterocycles. The van der Waals surface area contributed by atoms with Gasteiger partial charge in [0.1, 0.15) is 17.2 Å². The molecule has 3 aromatic rings. The normalized spacial score (nSPS) is 12.5. The van der Waals surface area contributed by atoms with Gasteiger partial charge in [0.2, 0.25) is 0 Å². The average molecular weight is 475 g/mol. The Morgan fingerprint density at radius 2 is 1.71 bits per heavy atom. The molecule has 1 aliphatic heterocycles. The predicted octanol–water partition coefficient (Wildman–Crippen LogP) is 4.77. The highest BCUT2D eigenvalue weighted by molar-refractivity contribution is 5.99. The van der Waals surface area contributed by atoms with Crippen LogP contribution in [0.1, 0.15) is 24.5 Å². The number of ether oxygens (including phenoxy) is 3. The van der Waals surface area contributed by atoms with Crippen molar-refractivity contribution in [1.82, 2.24) is 0 Å². The summed E-state index contributed by atoms with van der Waals surface area (Å²) in [4.78, 5) is 26.6. The molecule has 0 bridgehead atoms. The minimum absolute atomic E-state index is 0.0115. The average Bonchev–Trinajstić information content (AvgIpc) is 2.87. The minimum Gasteiger partial charge on any atom is -0.494 e. The number of rotatable bonds is 10. The van der Waals surface area contributed by atoms with Crippen LogP contribution >= 0.6 is 0 Å². The second kappa shape index (κ2) is 11.4. The van der Waals surface area contributed by atoms with Crippen molar-refractivity contribution in [3.8, 4) is 17.2 Å². The van der Waals surface area contributed by atoms with Crippen molar-refractivity contribution in [1.29, 1.82) is 0 Å². The summed E-state index contributed by atoms with van der Waals surface area (Å²) >= 11 is 0. The number of amides is 2. The molecule has 0 aliphatic carbocycles. The van der Waals surface area contributed by atoms with Gasteiger partial charge in [0, 0.05) is 12.2 Å². The van der Waals surface area contributed by atoms with E-state index in [0.717, 1.165) is 17.7 Å². The number of nitrogens with one attached hydrogen (secondary N) is 1. The lowest BCUT2D eigenvalue weighted by molar-refractivity contribution is -0.121. The number of benzene rings is 3. The fourth-order valence-electron chi connectivity index (χ4n) is 3.74. The third kappa shape index (κ3) is 6.53. The Balaban J connectivity index is 1.32. The Morgan fingerprint density at radius 3 is 2.46 bits per heavy atom. The molecule has 2 amide bonds. The van der Waals surface area contributed by atoms with Gasteiger partial charge in [-0.2, -0.15) is 0 Å². The van der Waals surface area contributed by atoms with Gasteiger partial charge in [-0.05, 0) is 67.8 Å². The van der Waals surface area contributed by atoms with Crippen LogP contribution < -0.4 is 24.4 Å². The summed E-state index contributed by atoms with van der Waals surface area (Å²) in [6.07, 6.45) is 1.64. The standard InChI is InChI=1S/C28H30N2O5/c1-3-21-7-12-23(13-8-21)33-16-4-15-30-25-17-22(9-14-26(25)35-19-28(30)32)29-27(31)18-34-24-10-5-20(2)6-11-24/h5-14,17H,3-4,15-16,18-19H2,1-2H3,(H,29,31). The number of fused-ring (bicyclic) bond motifs is 1. The van der Waals surface area contributed by atoms with Crippen molar-refractivity contribution >= 4 is 23.2 Å². The molecule has 3 aromatic carbocycles. The Hall–Kier alpha value is -4.00. The third-order valence-electron chi connectivity index (χ3n) is 5.70. The van der Waals surface area contributed by atoms with Crippen molar-refractivity contribution in [2.24, 2.45) is 0 Å². The van der Waals surface area contributed by atoms with E-state index in [1.807, 2.05) is 43.3 Å². The van der Waals surface area contributed by atoms with Crippen molar-refractivity contribution in [2.45, 2.75) is 26.7 Å². The van der Waals surface area contributed by atoms with Crippen molar-refractivity contribution in [3.05, 3.63) is 77.9 Å². The van der Waals surface area contributed by atoms with Crippen LogP contribution in [0.25, 0.3) is 0 Å². The van der Waals surface area contributed by atoms with Gasteiger partial charge in [0.25, 0.3) is 11.8 Å². The van der Waals surface area contributed by atoms with Crippen LogP contribution in [0.5, 0.6) is 17.2 Å². The number of hydrogen-bond acceptors (Lipinski definition) is 5. The quantitative estimate of drug-likeness (QED) is 0.429. The number of aryl methyl sites for hydroxylation is 2. The van der Waals surface area contributed by atoms with Crippen LogP contribution in [-0.4, -0.2) is 38.2 Å². The molecule has 0 spiro atoms. The number of hydrogen-bond donors (Lipinski definition) is 1. The van der Waals surface area contributed by atoms with Crippen molar-refractivity contribution < 1.29 is 23.8 Å². The molecule has 7 heteroatoms. The summed E-state index contributed by atoms with van der Waals surface area (Å²) in [6, 6.07) is 20.8. The fourth-order valence-corrected chi connectivity index (χ4v) is 3.74. The topological polar surface area (TPSA) is 77.1 Å². The van der Waals surface area contributed by atoms with Crippen LogP contribution in [0.3, 0.4) is 0 Å². The van der Waals surface area contributed by atoms with Crippen molar-refractivity contribution in [2.75, 3.05) is 36.6 Å². The predicted molar refractivity (Wildman–Crippen MR) is 136 cm³/mol. The Bertz CT molecular complexity index is 1160. The Morgan fingerprint density at radius 1 is 1.00 bits per heavy atom. The Kier molecular flexibility index (Phi) is 7.88. The van der Waals surface area contributed by atoms with Crippen molar-refractivity contribution in [3.63, 3.8) is 0 Å². The zero-order valence-corrected chi connectivity index (χ0v) is 20.1. The molecule has 0 aromatic heterocycles. The summed E-state index contributed by atoms with van der Waals surface area (Å²) in [7, 11) is 0. The summed E-state index contributed by atoms with van der Waals surface area (Å²) in [5.74, 6) is 1.63. The van der Waals surface area contributed by atoms with Crippen LogP contribution in [-0.2, 0) is 16.0 Å². The molecule has 7 nitrogen and oxygen atoms in total. The van der Waals surface area contributed by atoms with E-state index >= 15 is 0 Å². The van der Waals surface area contributed by atoms with E-state index in [1.165, 1.54) is 5.56 Å². The summed E-state index contributed by atoms with van der Waals surface area (Å²) in [5, 5.41) is 2.82. The van der Waals surface area contributed by atoms with Crippen LogP contribution in [0.15, 0.2) is 66.7 Å². The van der Waals surface area contributed by atoms with Gasteiger partial charge in [-0.25, -0.2) is 0 Å². The molecule has 4 rings (SSSR count). The maximum Gasteiger partial charge on any atom is 0.265 e. The van der Waals surface area contributed by atoms with Crippen LogP contribution in [0.4, 0.5) is 11.4 Å². The Labute approximate surface area is 205 Å². The van der Waals surface area contributed by atoms with E-state index in [9.17, 15) is 9.59 Å². The second-order valence-corrected chi connectivity index (χ2v) is 8.37. The summed E-state index contributed by atoms with van der Waals surface area (Å²) in [5.41, 5.74) is 3.58. The highest BCUT2D eigenvalue weighted by Crippen LogP contribution is 2.34. The van der Waals surface area contributed by atoms with Gasteiger partial charge < -0.3 is 24.4 Å². The third-order valence-corrected chi connectivity index (χ3v) is 5.70. The first-order chi connectivity index (χ1) is 17.0. The molecule has 0 saturated carbocycles. The largest absolute Gasteiger partial charge is 0.494 e. The van der Waals surface area contributed by atoms with Crippen LogP contribution in [0.2, 0.25) is 0 Å². The van der Waals surface area contributed by atoms with E-state index in [1.54, 1.807) is 23.1 Å². The summed E-state index contributed by atoms with van der Waals surface area (Å²) < 4.78 is 16.9. The zero-order valence-electron chi connectivity index (χ0n) is 20.1. The molecular weight excluding hydrogens is 444 g/mol. The van der Waals surface area contributed by atoms with E-state index < -0.39 is 0 Å². The van der Waals surface area contributed by atoms with Gasteiger partial charge >= 0.3 is 0 Å². The number of carbonyl (C=O) groups excluding carboxylic acids is 2. The molecule has 1 heterocycles. The van der Waals surface area contributed by atoms with E-state index in [4.69, 9.17) is 14.2 Å². The monoisotopic (exact) mass is 474 g/mol. The second-order valence-electron chi connectivity index (χ2n) is 8.37. The van der Waals surface area contributed by atoms with E-state index in [0.29, 0.717) is 42.4 Å². The highest BCUT2D eigenvalue weighted by Gasteiger charge is 2.25. The maximum atomic E-state index is 12.6. The smallest absolute Gasteiger partial charge is 0.265 e. The van der Waals surface area contributed by atoms with Gasteiger partial charge in [-0.1, -0.05) is 36.8 Å². The van der Waals surface area contributed by atoms with Gasteiger partial charge in [0.15, 0.2) is 13.2 Å². The van der Waals surface area contributed by atoms with E-state index in [-0.39, 0.29) is 25.0 Å². The molecule has 0 atom stereocenters. The molecule has 1 aliphatic rings. The molecule has 1 N–H and O–H groups in total. The molecule has 0 unspecified atom stereocenters. The first kappa shape index (κ1) is 24.1. The first-order valence-electron chi connectivity index (χ1n) is 11.8. The molecule has 35 heavy (non-hydrogen) atoms. The zero-order chi connectivity index (χ0) is 24.6. The van der Waals surface area contributed by atoms with E-state index in [2.05, 4.69) is 24.4 Å². The molecule has 0 fully saturated rings. The lowest BCUT2D eigenvalue weighted by atomic mass is 10.2. The lowest BCUT2D eigenvalue weighted by Crippen LogP contribution is -2.39.